The third-order valence-electron chi connectivity index (χ3n) is 5.08. The van der Waals surface area contributed by atoms with E-state index in [-0.39, 0.29) is 27.6 Å². The molecule has 2 N–H and O–H groups in total. The molecular weight excluding hydrogens is 430 g/mol. The predicted molar refractivity (Wildman–Crippen MR) is 122 cm³/mol. The van der Waals surface area contributed by atoms with Gasteiger partial charge in [-0.25, -0.2) is 13.2 Å². The van der Waals surface area contributed by atoms with Gasteiger partial charge < -0.3 is 19.9 Å². The number of carboxylic acids is 1. The first-order valence-corrected chi connectivity index (χ1v) is 11.3. The Morgan fingerprint density at radius 3 is 2.28 bits per heavy atom. The lowest BCUT2D eigenvalue weighted by Gasteiger charge is -2.18. The standard InChI is InChI=1S/C24H25NO6S/c1-15-12-16(2)22(20(13-15)24(26)27)25-14-17-6-5-7-21(31-4)23(17)32(28,29)19-10-8-18(30-3)9-11-19/h5-13,25H,14H2,1-4H3,(H,26,27). The van der Waals surface area contributed by atoms with Crippen molar-refractivity contribution < 1.29 is 27.8 Å². The van der Waals surface area contributed by atoms with Crippen LogP contribution >= 0.6 is 0 Å². The van der Waals surface area contributed by atoms with Crippen LogP contribution in [0, 0.1) is 13.8 Å². The summed E-state index contributed by atoms with van der Waals surface area (Å²) in [6.07, 6.45) is 0. The monoisotopic (exact) mass is 455 g/mol. The van der Waals surface area contributed by atoms with E-state index in [0.29, 0.717) is 17.0 Å². The Balaban J connectivity index is 2.06. The predicted octanol–water partition coefficient (Wildman–Crippen LogP) is 4.46. The van der Waals surface area contributed by atoms with Crippen molar-refractivity contribution in [3.8, 4) is 11.5 Å². The van der Waals surface area contributed by atoms with E-state index in [1.54, 1.807) is 36.4 Å². The van der Waals surface area contributed by atoms with Crippen molar-refractivity contribution in [2.75, 3.05) is 19.5 Å². The zero-order chi connectivity index (χ0) is 23.5. The number of rotatable bonds is 8. The molecule has 0 bridgehead atoms. The van der Waals surface area contributed by atoms with Crippen LogP contribution in [0.4, 0.5) is 5.69 Å². The Labute approximate surface area is 187 Å². The molecule has 0 aliphatic heterocycles. The normalized spacial score (nSPS) is 11.1. The van der Waals surface area contributed by atoms with E-state index in [9.17, 15) is 18.3 Å². The Morgan fingerprint density at radius 2 is 1.69 bits per heavy atom. The number of benzene rings is 3. The fraction of sp³-hybridized carbons (Fsp3) is 0.208. The van der Waals surface area contributed by atoms with E-state index < -0.39 is 15.8 Å². The van der Waals surface area contributed by atoms with E-state index in [1.807, 2.05) is 19.9 Å². The molecule has 3 rings (SSSR count). The summed E-state index contributed by atoms with van der Waals surface area (Å²) in [7, 11) is -1.01. The summed E-state index contributed by atoms with van der Waals surface area (Å²) in [5, 5.41) is 12.7. The molecule has 0 unspecified atom stereocenters. The Hall–Kier alpha value is -3.52. The van der Waals surface area contributed by atoms with Crippen LogP contribution in [0.3, 0.4) is 0 Å². The molecule has 0 saturated carbocycles. The van der Waals surface area contributed by atoms with Gasteiger partial charge in [-0.2, -0.15) is 0 Å². The number of anilines is 1. The molecule has 3 aromatic carbocycles. The SMILES string of the molecule is COc1ccc(S(=O)(=O)c2c(CNc3c(C)cc(C)cc3C(=O)O)cccc2OC)cc1. The molecule has 32 heavy (non-hydrogen) atoms. The first kappa shape index (κ1) is 23.1. The molecule has 0 saturated heterocycles. The summed E-state index contributed by atoms with van der Waals surface area (Å²) in [5.41, 5.74) is 2.61. The lowest BCUT2D eigenvalue weighted by Crippen LogP contribution is -2.13. The molecule has 0 radical (unpaired) electrons. The number of carbonyl (C=O) groups is 1. The number of methoxy groups -OCH3 is 2. The highest BCUT2D eigenvalue weighted by Gasteiger charge is 2.26. The van der Waals surface area contributed by atoms with Crippen molar-refractivity contribution in [1.29, 1.82) is 0 Å². The van der Waals surface area contributed by atoms with Gasteiger partial charge in [0.1, 0.15) is 16.4 Å². The topological polar surface area (TPSA) is 102 Å². The number of ether oxygens (including phenoxy) is 2. The smallest absolute Gasteiger partial charge is 0.337 e. The minimum absolute atomic E-state index is 0.0295. The summed E-state index contributed by atoms with van der Waals surface area (Å²) in [4.78, 5) is 11.9. The molecule has 0 spiro atoms. The molecule has 0 heterocycles. The minimum atomic E-state index is -3.92. The van der Waals surface area contributed by atoms with Crippen LogP contribution in [0.25, 0.3) is 0 Å². The molecule has 3 aromatic rings. The molecule has 0 atom stereocenters. The van der Waals surface area contributed by atoms with Gasteiger partial charge >= 0.3 is 5.97 Å². The number of aryl methyl sites for hydroxylation is 2. The second-order valence-electron chi connectivity index (χ2n) is 7.29. The first-order chi connectivity index (χ1) is 15.2. The van der Waals surface area contributed by atoms with Gasteiger partial charge in [-0.1, -0.05) is 18.2 Å². The van der Waals surface area contributed by atoms with Crippen LogP contribution in [0.5, 0.6) is 11.5 Å². The molecule has 168 valence electrons. The zero-order valence-corrected chi connectivity index (χ0v) is 19.1. The average Bonchev–Trinajstić information content (AvgIpc) is 2.77. The second kappa shape index (κ2) is 9.32. The number of sulfone groups is 1. The van der Waals surface area contributed by atoms with Gasteiger partial charge in [-0.05, 0) is 66.9 Å². The van der Waals surface area contributed by atoms with Gasteiger partial charge in [0.15, 0.2) is 0 Å². The third kappa shape index (κ3) is 4.55. The summed E-state index contributed by atoms with van der Waals surface area (Å²) in [6.45, 7) is 3.72. The maximum absolute atomic E-state index is 13.5. The molecular formula is C24H25NO6S. The lowest BCUT2D eigenvalue weighted by atomic mass is 10.0. The Bertz CT molecular complexity index is 1250. The van der Waals surface area contributed by atoms with Crippen LogP contribution < -0.4 is 14.8 Å². The van der Waals surface area contributed by atoms with Gasteiger partial charge in [-0.3, -0.25) is 0 Å². The van der Waals surface area contributed by atoms with Crippen molar-refractivity contribution >= 4 is 21.5 Å². The summed E-state index contributed by atoms with van der Waals surface area (Å²) in [6, 6.07) is 14.5. The highest BCUT2D eigenvalue weighted by Crippen LogP contribution is 2.34. The van der Waals surface area contributed by atoms with E-state index in [0.717, 1.165) is 11.1 Å². The number of nitrogens with one attached hydrogen (secondary N) is 1. The van der Waals surface area contributed by atoms with Gasteiger partial charge in [0.05, 0.1) is 30.4 Å². The summed E-state index contributed by atoms with van der Waals surface area (Å²) < 4.78 is 37.5. The quantitative estimate of drug-likeness (QED) is 0.517. The average molecular weight is 456 g/mol. The zero-order valence-electron chi connectivity index (χ0n) is 18.3. The largest absolute Gasteiger partial charge is 0.497 e. The van der Waals surface area contributed by atoms with Crippen LogP contribution in [0.15, 0.2) is 64.4 Å². The third-order valence-corrected chi connectivity index (χ3v) is 6.98. The van der Waals surface area contributed by atoms with Crippen LogP contribution in [-0.2, 0) is 16.4 Å². The first-order valence-electron chi connectivity index (χ1n) is 9.82. The van der Waals surface area contributed by atoms with Crippen molar-refractivity contribution in [2.45, 2.75) is 30.2 Å². The van der Waals surface area contributed by atoms with Crippen molar-refractivity contribution in [1.82, 2.24) is 0 Å². The van der Waals surface area contributed by atoms with Crippen molar-refractivity contribution in [2.24, 2.45) is 0 Å². The van der Waals surface area contributed by atoms with Crippen LogP contribution in [0.1, 0.15) is 27.0 Å². The van der Waals surface area contributed by atoms with Gasteiger partial charge in [0, 0.05) is 6.54 Å². The molecule has 0 fully saturated rings. The van der Waals surface area contributed by atoms with E-state index in [4.69, 9.17) is 9.47 Å². The maximum Gasteiger partial charge on any atom is 0.337 e. The molecule has 0 aliphatic carbocycles. The number of carboxylic acid groups (broad SMARTS) is 1. The summed E-state index contributed by atoms with van der Waals surface area (Å²) >= 11 is 0. The molecule has 8 heteroatoms. The van der Waals surface area contributed by atoms with Gasteiger partial charge in [0.2, 0.25) is 9.84 Å². The molecule has 0 aliphatic rings. The molecule has 0 aromatic heterocycles. The van der Waals surface area contributed by atoms with E-state index in [1.165, 1.54) is 26.4 Å². The summed E-state index contributed by atoms with van der Waals surface area (Å²) in [5.74, 6) is -0.308. The van der Waals surface area contributed by atoms with E-state index >= 15 is 0 Å². The number of hydrogen-bond donors (Lipinski definition) is 2. The maximum atomic E-state index is 13.5. The highest BCUT2D eigenvalue weighted by molar-refractivity contribution is 7.91. The number of hydrogen-bond acceptors (Lipinski definition) is 6. The minimum Gasteiger partial charge on any atom is -0.497 e. The lowest BCUT2D eigenvalue weighted by molar-refractivity contribution is 0.0697. The molecule has 7 nitrogen and oxygen atoms in total. The Morgan fingerprint density at radius 1 is 1.00 bits per heavy atom. The highest BCUT2D eigenvalue weighted by atomic mass is 32.2. The second-order valence-corrected chi connectivity index (χ2v) is 9.18. The van der Waals surface area contributed by atoms with Crippen molar-refractivity contribution in [3.63, 3.8) is 0 Å². The Kier molecular flexibility index (Phi) is 6.74. The molecule has 0 amide bonds. The van der Waals surface area contributed by atoms with Crippen molar-refractivity contribution in [3.05, 3.63) is 76.9 Å². The van der Waals surface area contributed by atoms with Crippen LogP contribution in [0.2, 0.25) is 0 Å². The number of aromatic carboxylic acids is 1. The van der Waals surface area contributed by atoms with Crippen LogP contribution in [-0.4, -0.2) is 33.7 Å². The van der Waals surface area contributed by atoms with Gasteiger partial charge in [-0.15, -0.1) is 0 Å². The fourth-order valence-corrected chi connectivity index (χ4v) is 5.23. The van der Waals surface area contributed by atoms with E-state index in [2.05, 4.69) is 5.32 Å². The fourth-order valence-electron chi connectivity index (χ4n) is 3.59. The van der Waals surface area contributed by atoms with Gasteiger partial charge in [0.25, 0.3) is 0 Å².